The molecule has 0 spiro atoms. The van der Waals surface area contributed by atoms with Crippen LogP contribution in [0.4, 0.5) is 0 Å². The van der Waals surface area contributed by atoms with Crippen LogP contribution in [0.5, 0.6) is 0 Å². The predicted molar refractivity (Wildman–Crippen MR) is 52.3 cm³/mol. The standard InChI is InChI=1S/C10H11N3/c1-11-7-10-9-3-4-12-6-8(9)2-5-13-10/h2-6,11H,7H2,1H3. The van der Waals surface area contributed by atoms with Crippen molar-refractivity contribution in [3.63, 3.8) is 0 Å². The lowest BCUT2D eigenvalue weighted by Crippen LogP contribution is -2.07. The molecular formula is C10H11N3. The van der Waals surface area contributed by atoms with Crippen molar-refractivity contribution in [3.8, 4) is 0 Å². The Bertz CT molecular complexity index is 406. The van der Waals surface area contributed by atoms with E-state index in [-0.39, 0.29) is 0 Å². The third-order valence-corrected chi connectivity index (χ3v) is 1.99. The van der Waals surface area contributed by atoms with Gasteiger partial charge in [-0.1, -0.05) is 0 Å². The zero-order valence-corrected chi connectivity index (χ0v) is 7.49. The van der Waals surface area contributed by atoms with Gasteiger partial charge in [-0.3, -0.25) is 9.97 Å². The van der Waals surface area contributed by atoms with Crippen molar-refractivity contribution in [2.75, 3.05) is 7.05 Å². The molecule has 0 aliphatic carbocycles. The van der Waals surface area contributed by atoms with Crippen molar-refractivity contribution in [1.82, 2.24) is 15.3 Å². The number of hydrogen-bond donors (Lipinski definition) is 1. The average Bonchev–Trinajstić information content (AvgIpc) is 2.19. The molecule has 0 saturated carbocycles. The van der Waals surface area contributed by atoms with Gasteiger partial charge in [-0.15, -0.1) is 0 Å². The van der Waals surface area contributed by atoms with Crippen molar-refractivity contribution >= 4 is 10.8 Å². The van der Waals surface area contributed by atoms with E-state index in [9.17, 15) is 0 Å². The van der Waals surface area contributed by atoms with Crippen LogP contribution in [0, 0.1) is 0 Å². The summed E-state index contributed by atoms with van der Waals surface area (Å²) >= 11 is 0. The monoisotopic (exact) mass is 173 g/mol. The van der Waals surface area contributed by atoms with Crippen molar-refractivity contribution < 1.29 is 0 Å². The molecule has 2 aromatic rings. The Labute approximate surface area is 76.8 Å². The van der Waals surface area contributed by atoms with Crippen LogP contribution in [0.25, 0.3) is 10.8 Å². The third kappa shape index (κ3) is 1.51. The Morgan fingerprint density at radius 3 is 3.08 bits per heavy atom. The van der Waals surface area contributed by atoms with E-state index in [0.717, 1.165) is 17.6 Å². The summed E-state index contributed by atoms with van der Waals surface area (Å²) in [6.45, 7) is 0.793. The minimum atomic E-state index is 0.793. The number of nitrogens with zero attached hydrogens (tertiary/aromatic N) is 2. The lowest BCUT2D eigenvalue weighted by molar-refractivity contribution is 0.799. The SMILES string of the molecule is CNCc1nccc2cnccc12. The van der Waals surface area contributed by atoms with Crippen molar-refractivity contribution in [2.45, 2.75) is 6.54 Å². The number of fused-ring (bicyclic) bond motifs is 1. The molecule has 3 nitrogen and oxygen atoms in total. The van der Waals surface area contributed by atoms with E-state index in [1.165, 1.54) is 5.39 Å². The van der Waals surface area contributed by atoms with E-state index in [4.69, 9.17) is 0 Å². The zero-order valence-electron chi connectivity index (χ0n) is 7.49. The molecule has 0 amide bonds. The minimum absolute atomic E-state index is 0.793. The van der Waals surface area contributed by atoms with E-state index in [1.807, 2.05) is 31.6 Å². The number of aromatic nitrogens is 2. The molecule has 1 N–H and O–H groups in total. The van der Waals surface area contributed by atoms with Crippen LogP contribution in [0.1, 0.15) is 5.69 Å². The van der Waals surface area contributed by atoms with E-state index >= 15 is 0 Å². The first-order valence-electron chi connectivity index (χ1n) is 4.24. The highest BCUT2D eigenvalue weighted by Gasteiger charge is 1.99. The summed E-state index contributed by atoms with van der Waals surface area (Å²) in [7, 11) is 1.92. The Morgan fingerprint density at radius 2 is 2.23 bits per heavy atom. The largest absolute Gasteiger partial charge is 0.314 e. The topological polar surface area (TPSA) is 37.8 Å². The van der Waals surface area contributed by atoms with Crippen molar-refractivity contribution in [3.05, 3.63) is 36.4 Å². The fraction of sp³-hybridized carbons (Fsp3) is 0.200. The highest BCUT2D eigenvalue weighted by Crippen LogP contribution is 2.14. The number of nitrogens with one attached hydrogen (secondary N) is 1. The molecule has 0 bridgehead atoms. The number of pyridine rings is 2. The molecule has 2 rings (SSSR count). The Balaban J connectivity index is 2.61. The maximum atomic E-state index is 4.31. The number of hydrogen-bond acceptors (Lipinski definition) is 3. The average molecular weight is 173 g/mol. The number of rotatable bonds is 2. The Hall–Kier alpha value is -1.48. The summed E-state index contributed by atoms with van der Waals surface area (Å²) in [5.74, 6) is 0. The van der Waals surface area contributed by atoms with E-state index in [0.29, 0.717) is 0 Å². The minimum Gasteiger partial charge on any atom is -0.314 e. The van der Waals surface area contributed by atoms with Crippen LogP contribution < -0.4 is 5.32 Å². The fourth-order valence-electron chi connectivity index (χ4n) is 1.39. The molecule has 0 unspecified atom stereocenters. The molecule has 0 atom stereocenters. The van der Waals surface area contributed by atoms with Gasteiger partial charge in [-0.2, -0.15) is 0 Å². The van der Waals surface area contributed by atoms with E-state index < -0.39 is 0 Å². The van der Waals surface area contributed by atoms with Gasteiger partial charge in [0, 0.05) is 35.9 Å². The summed E-state index contributed by atoms with van der Waals surface area (Å²) < 4.78 is 0. The molecular weight excluding hydrogens is 162 g/mol. The van der Waals surface area contributed by atoms with Crippen LogP contribution in [-0.2, 0) is 6.54 Å². The third-order valence-electron chi connectivity index (χ3n) is 1.99. The first-order valence-corrected chi connectivity index (χ1v) is 4.24. The van der Waals surface area contributed by atoms with Gasteiger partial charge >= 0.3 is 0 Å². The molecule has 66 valence electrons. The molecule has 0 saturated heterocycles. The van der Waals surface area contributed by atoms with Gasteiger partial charge in [0.2, 0.25) is 0 Å². The summed E-state index contributed by atoms with van der Waals surface area (Å²) in [6.07, 6.45) is 5.47. The van der Waals surface area contributed by atoms with Crippen LogP contribution >= 0.6 is 0 Å². The van der Waals surface area contributed by atoms with Gasteiger partial charge in [-0.05, 0) is 19.2 Å². The highest BCUT2D eigenvalue weighted by atomic mass is 14.8. The smallest absolute Gasteiger partial charge is 0.0620 e. The Morgan fingerprint density at radius 1 is 1.31 bits per heavy atom. The van der Waals surface area contributed by atoms with Gasteiger partial charge in [0.25, 0.3) is 0 Å². The van der Waals surface area contributed by atoms with Crippen LogP contribution in [-0.4, -0.2) is 17.0 Å². The van der Waals surface area contributed by atoms with Crippen LogP contribution in [0.3, 0.4) is 0 Å². The summed E-state index contributed by atoms with van der Waals surface area (Å²) in [5, 5.41) is 5.41. The quantitative estimate of drug-likeness (QED) is 0.745. The first-order chi connectivity index (χ1) is 6.42. The molecule has 13 heavy (non-hydrogen) atoms. The fourth-order valence-corrected chi connectivity index (χ4v) is 1.39. The lowest BCUT2D eigenvalue weighted by Gasteiger charge is -2.03. The molecule has 0 radical (unpaired) electrons. The van der Waals surface area contributed by atoms with E-state index in [1.54, 1.807) is 6.20 Å². The van der Waals surface area contributed by atoms with Crippen LogP contribution in [0.15, 0.2) is 30.7 Å². The van der Waals surface area contributed by atoms with Gasteiger partial charge in [0.15, 0.2) is 0 Å². The molecule has 0 aliphatic rings. The first kappa shape index (κ1) is 8.13. The lowest BCUT2D eigenvalue weighted by atomic mass is 10.1. The molecule has 0 aromatic carbocycles. The molecule has 0 fully saturated rings. The van der Waals surface area contributed by atoms with Crippen molar-refractivity contribution in [2.24, 2.45) is 0 Å². The normalized spacial score (nSPS) is 10.5. The van der Waals surface area contributed by atoms with Gasteiger partial charge in [0.1, 0.15) is 0 Å². The molecule has 2 aromatic heterocycles. The second-order valence-corrected chi connectivity index (χ2v) is 2.88. The summed E-state index contributed by atoms with van der Waals surface area (Å²) in [5.41, 5.74) is 1.07. The second kappa shape index (κ2) is 3.49. The van der Waals surface area contributed by atoms with Crippen molar-refractivity contribution in [1.29, 1.82) is 0 Å². The van der Waals surface area contributed by atoms with Gasteiger partial charge in [0.05, 0.1) is 5.69 Å². The van der Waals surface area contributed by atoms with Crippen LogP contribution in [0.2, 0.25) is 0 Å². The zero-order chi connectivity index (χ0) is 9.10. The molecule has 0 aliphatic heterocycles. The van der Waals surface area contributed by atoms with Gasteiger partial charge in [-0.25, -0.2) is 0 Å². The maximum Gasteiger partial charge on any atom is 0.0620 e. The summed E-state index contributed by atoms with van der Waals surface area (Å²) in [6, 6.07) is 3.97. The Kier molecular flexibility index (Phi) is 2.19. The van der Waals surface area contributed by atoms with Gasteiger partial charge < -0.3 is 5.32 Å². The highest BCUT2D eigenvalue weighted by molar-refractivity contribution is 5.83. The van der Waals surface area contributed by atoms with E-state index in [2.05, 4.69) is 15.3 Å². The summed E-state index contributed by atoms with van der Waals surface area (Å²) in [4.78, 5) is 8.37. The predicted octanol–water partition coefficient (Wildman–Crippen LogP) is 1.35. The molecule has 3 heteroatoms. The maximum absolute atomic E-state index is 4.31. The second-order valence-electron chi connectivity index (χ2n) is 2.88. The molecule has 2 heterocycles.